The molecule has 168 valence electrons. The van der Waals surface area contributed by atoms with Crippen molar-refractivity contribution in [2.75, 3.05) is 57.5 Å². The van der Waals surface area contributed by atoms with E-state index in [0.29, 0.717) is 42.0 Å². The number of hydrogen-bond donors (Lipinski definition) is 0. The van der Waals surface area contributed by atoms with E-state index in [1.807, 2.05) is 24.3 Å². The third-order valence-electron chi connectivity index (χ3n) is 5.56. The van der Waals surface area contributed by atoms with Gasteiger partial charge in [-0.25, -0.2) is 4.98 Å². The molecule has 3 heterocycles. The Morgan fingerprint density at radius 3 is 2.72 bits per heavy atom. The topological polar surface area (TPSA) is 64.1 Å². The summed E-state index contributed by atoms with van der Waals surface area (Å²) >= 11 is 5.05. The monoisotopic (exact) mass is 517 g/mol. The molecule has 7 nitrogen and oxygen atoms in total. The van der Waals surface area contributed by atoms with Crippen LogP contribution in [0, 0.1) is 0 Å². The zero-order valence-corrected chi connectivity index (χ0v) is 20.0. The molecule has 5 rings (SSSR count). The maximum absolute atomic E-state index is 13.6. The first-order valence-electron chi connectivity index (χ1n) is 10.7. The average molecular weight is 518 g/mol. The Kier molecular flexibility index (Phi) is 6.59. The number of hydrogen-bond acceptors (Lipinski definition) is 7. The van der Waals surface area contributed by atoms with Crippen LogP contribution in [0.1, 0.15) is 16.8 Å². The van der Waals surface area contributed by atoms with Gasteiger partial charge in [-0.2, -0.15) is 0 Å². The van der Waals surface area contributed by atoms with Crippen molar-refractivity contribution < 1.29 is 19.0 Å². The molecule has 9 heteroatoms. The number of carbonyl (C=O) groups excluding carboxylic acids is 1. The second-order valence-electron chi connectivity index (χ2n) is 7.73. The Bertz CT molecular complexity index is 1120. The normalized spacial score (nSPS) is 16.3. The van der Waals surface area contributed by atoms with Crippen LogP contribution in [0.15, 0.2) is 40.9 Å². The van der Waals surface area contributed by atoms with E-state index >= 15 is 0 Å². The Balaban J connectivity index is 1.40. The van der Waals surface area contributed by atoms with Gasteiger partial charge in [-0.05, 0) is 42.8 Å². The van der Waals surface area contributed by atoms with Crippen LogP contribution in [0.5, 0.6) is 11.5 Å². The SMILES string of the molecule is O=C(c1ccc2c(c1)OCCO2)N(CCCN1CCOCC1)c1nc2ccc(Br)cc2s1. The van der Waals surface area contributed by atoms with Gasteiger partial charge in [0.2, 0.25) is 0 Å². The zero-order chi connectivity index (χ0) is 21.9. The van der Waals surface area contributed by atoms with Crippen LogP contribution in [0.4, 0.5) is 5.13 Å². The van der Waals surface area contributed by atoms with Crippen molar-refractivity contribution in [3.63, 3.8) is 0 Å². The minimum Gasteiger partial charge on any atom is -0.486 e. The predicted octanol–water partition coefficient (Wildman–Crippen LogP) is 4.20. The number of ether oxygens (including phenoxy) is 3. The molecule has 0 unspecified atom stereocenters. The van der Waals surface area contributed by atoms with Gasteiger partial charge in [0.25, 0.3) is 5.91 Å². The van der Waals surface area contributed by atoms with Crippen molar-refractivity contribution in [2.45, 2.75) is 6.42 Å². The number of aromatic nitrogens is 1. The summed E-state index contributed by atoms with van der Waals surface area (Å²) in [4.78, 5) is 22.6. The molecule has 0 bridgehead atoms. The van der Waals surface area contributed by atoms with Crippen LogP contribution in [-0.4, -0.2) is 68.4 Å². The molecule has 2 aliphatic rings. The lowest BCUT2D eigenvalue weighted by molar-refractivity contribution is 0.0376. The molecule has 3 aromatic rings. The van der Waals surface area contributed by atoms with Crippen molar-refractivity contribution in [1.29, 1.82) is 0 Å². The second kappa shape index (κ2) is 9.74. The second-order valence-corrected chi connectivity index (χ2v) is 9.66. The molecule has 0 aliphatic carbocycles. The molecular formula is C23H24BrN3O4S. The standard InChI is InChI=1S/C23H24BrN3O4S/c24-17-3-4-18-21(15-17)32-23(25-18)27(7-1-6-26-8-10-29-11-9-26)22(28)16-2-5-19-20(14-16)31-13-12-30-19/h2-5,14-15H,1,6-13H2. The first-order valence-corrected chi connectivity index (χ1v) is 12.4. The van der Waals surface area contributed by atoms with Gasteiger partial charge in [0.15, 0.2) is 16.6 Å². The van der Waals surface area contributed by atoms with Crippen LogP contribution in [0.25, 0.3) is 10.2 Å². The number of halogens is 1. The van der Waals surface area contributed by atoms with Gasteiger partial charge in [-0.15, -0.1) is 0 Å². The Morgan fingerprint density at radius 1 is 1.06 bits per heavy atom. The summed E-state index contributed by atoms with van der Waals surface area (Å²) in [5.74, 6) is 1.21. The molecule has 0 radical (unpaired) electrons. The largest absolute Gasteiger partial charge is 0.486 e. The van der Waals surface area contributed by atoms with Gasteiger partial charge in [-0.3, -0.25) is 14.6 Å². The number of thiazole rings is 1. The number of benzene rings is 2. The molecule has 2 aliphatic heterocycles. The van der Waals surface area contributed by atoms with Gasteiger partial charge in [0.05, 0.1) is 23.4 Å². The number of morpholine rings is 1. The highest BCUT2D eigenvalue weighted by atomic mass is 79.9. The average Bonchev–Trinajstić information content (AvgIpc) is 3.24. The molecule has 32 heavy (non-hydrogen) atoms. The molecule has 1 amide bonds. The van der Waals surface area contributed by atoms with E-state index in [4.69, 9.17) is 19.2 Å². The Morgan fingerprint density at radius 2 is 1.88 bits per heavy atom. The van der Waals surface area contributed by atoms with Gasteiger partial charge in [0, 0.05) is 36.2 Å². The van der Waals surface area contributed by atoms with Crippen LogP contribution < -0.4 is 14.4 Å². The van der Waals surface area contributed by atoms with E-state index in [0.717, 1.165) is 54.0 Å². The highest BCUT2D eigenvalue weighted by Crippen LogP contribution is 2.34. The quantitative estimate of drug-likeness (QED) is 0.488. The highest BCUT2D eigenvalue weighted by molar-refractivity contribution is 9.10. The molecule has 1 aromatic heterocycles. The van der Waals surface area contributed by atoms with Crippen LogP contribution in [0.2, 0.25) is 0 Å². The summed E-state index contributed by atoms with van der Waals surface area (Å²) in [5, 5.41) is 0.708. The molecule has 2 aromatic carbocycles. The summed E-state index contributed by atoms with van der Waals surface area (Å²) < 4.78 is 18.8. The highest BCUT2D eigenvalue weighted by Gasteiger charge is 2.24. The zero-order valence-electron chi connectivity index (χ0n) is 17.6. The molecule has 0 N–H and O–H groups in total. The molecule has 1 saturated heterocycles. The van der Waals surface area contributed by atoms with E-state index < -0.39 is 0 Å². The fourth-order valence-electron chi connectivity index (χ4n) is 3.90. The van der Waals surface area contributed by atoms with Crippen LogP contribution >= 0.6 is 27.3 Å². The molecular weight excluding hydrogens is 494 g/mol. The maximum Gasteiger partial charge on any atom is 0.260 e. The lowest BCUT2D eigenvalue weighted by atomic mass is 10.1. The van der Waals surface area contributed by atoms with Crippen molar-refractivity contribution >= 4 is 48.5 Å². The van der Waals surface area contributed by atoms with Gasteiger partial charge < -0.3 is 14.2 Å². The summed E-state index contributed by atoms with van der Waals surface area (Å²) in [6.07, 6.45) is 0.857. The Hall–Kier alpha value is -2.20. The van der Waals surface area contributed by atoms with E-state index in [2.05, 4.69) is 20.8 Å². The predicted molar refractivity (Wildman–Crippen MR) is 128 cm³/mol. The van der Waals surface area contributed by atoms with E-state index in [9.17, 15) is 4.79 Å². The number of anilines is 1. The minimum atomic E-state index is -0.0814. The third-order valence-corrected chi connectivity index (χ3v) is 7.10. The number of nitrogens with zero attached hydrogens (tertiary/aromatic N) is 3. The van der Waals surface area contributed by atoms with Gasteiger partial charge in [-0.1, -0.05) is 27.3 Å². The van der Waals surface area contributed by atoms with Gasteiger partial charge >= 0.3 is 0 Å². The molecule has 1 fully saturated rings. The lowest BCUT2D eigenvalue weighted by Crippen LogP contribution is -2.39. The molecule has 0 spiro atoms. The first-order chi connectivity index (χ1) is 15.7. The summed E-state index contributed by atoms with van der Waals surface area (Å²) in [6.45, 7) is 5.93. The molecule has 0 saturated carbocycles. The number of fused-ring (bicyclic) bond motifs is 2. The summed E-state index contributed by atoms with van der Waals surface area (Å²) in [5.41, 5.74) is 1.46. The first kappa shape index (κ1) is 21.6. The lowest BCUT2D eigenvalue weighted by Gasteiger charge is -2.28. The molecule has 0 atom stereocenters. The summed E-state index contributed by atoms with van der Waals surface area (Å²) in [7, 11) is 0. The summed E-state index contributed by atoms with van der Waals surface area (Å²) in [6, 6.07) is 11.4. The van der Waals surface area contributed by atoms with Crippen LogP contribution in [0.3, 0.4) is 0 Å². The number of amides is 1. The van der Waals surface area contributed by atoms with E-state index in [1.165, 1.54) is 11.3 Å². The third kappa shape index (κ3) is 4.76. The van der Waals surface area contributed by atoms with Crippen molar-refractivity contribution in [3.05, 3.63) is 46.4 Å². The smallest absolute Gasteiger partial charge is 0.260 e. The van der Waals surface area contributed by atoms with Gasteiger partial charge in [0.1, 0.15) is 13.2 Å². The fourth-order valence-corrected chi connectivity index (χ4v) is 5.44. The number of carbonyl (C=O) groups is 1. The number of rotatable bonds is 6. The van der Waals surface area contributed by atoms with Crippen molar-refractivity contribution in [3.8, 4) is 11.5 Å². The van der Waals surface area contributed by atoms with Crippen molar-refractivity contribution in [2.24, 2.45) is 0 Å². The Labute approximate surface area is 199 Å². The van der Waals surface area contributed by atoms with E-state index in [1.54, 1.807) is 17.0 Å². The van der Waals surface area contributed by atoms with Crippen LogP contribution in [-0.2, 0) is 4.74 Å². The van der Waals surface area contributed by atoms with Crippen molar-refractivity contribution in [1.82, 2.24) is 9.88 Å². The minimum absolute atomic E-state index is 0.0814. The maximum atomic E-state index is 13.6. The fraction of sp³-hybridized carbons (Fsp3) is 0.391. The van der Waals surface area contributed by atoms with E-state index in [-0.39, 0.29) is 5.91 Å².